The summed E-state index contributed by atoms with van der Waals surface area (Å²) in [6.07, 6.45) is 6.41. The van der Waals surface area contributed by atoms with Gasteiger partial charge in [-0.3, -0.25) is 19.4 Å². The number of rotatable bonds is 3. The summed E-state index contributed by atoms with van der Waals surface area (Å²) < 4.78 is 5.51. The lowest BCUT2D eigenvalue weighted by Gasteiger charge is -2.29. The van der Waals surface area contributed by atoms with Crippen LogP contribution in [0.15, 0.2) is 45.4 Å². The predicted octanol–water partition coefficient (Wildman–Crippen LogP) is 2.29. The van der Waals surface area contributed by atoms with Crippen LogP contribution in [0, 0.1) is 0 Å². The van der Waals surface area contributed by atoms with Crippen molar-refractivity contribution in [3.05, 3.63) is 52.0 Å². The van der Waals surface area contributed by atoms with Crippen LogP contribution in [-0.4, -0.2) is 40.6 Å². The van der Waals surface area contributed by atoms with Crippen molar-refractivity contribution in [2.75, 3.05) is 19.8 Å². The van der Waals surface area contributed by atoms with E-state index < -0.39 is 0 Å². The third-order valence-electron chi connectivity index (χ3n) is 4.76. The number of likely N-dealkylation sites (tertiary alicyclic amines) is 1. The number of para-hydroxylation sites is 1. The highest BCUT2D eigenvalue weighted by Crippen LogP contribution is 2.17. The monoisotopic (exact) mass is 369 g/mol. The summed E-state index contributed by atoms with van der Waals surface area (Å²) in [4.78, 5) is 29.1. The molecule has 3 heterocycles. The molecular weight excluding hydrogens is 350 g/mol. The van der Waals surface area contributed by atoms with Crippen molar-refractivity contribution >= 4 is 40.3 Å². The fourth-order valence-electron chi connectivity index (χ4n) is 3.35. The minimum Gasteiger partial charge on any atom is -0.463 e. The van der Waals surface area contributed by atoms with Crippen LogP contribution in [0.2, 0.25) is 0 Å². The van der Waals surface area contributed by atoms with Crippen molar-refractivity contribution < 1.29 is 9.21 Å². The molecule has 0 saturated carbocycles. The zero-order chi connectivity index (χ0) is 18.1. The molecule has 1 aromatic heterocycles. The first-order valence-electron chi connectivity index (χ1n) is 8.71. The van der Waals surface area contributed by atoms with Gasteiger partial charge in [-0.05, 0) is 56.4 Å². The second-order valence-electron chi connectivity index (χ2n) is 6.56. The number of carbonyl (C=O) groups is 1. The number of piperidine rings is 1. The van der Waals surface area contributed by atoms with E-state index >= 15 is 0 Å². The molecule has 1 aromatic carbocycles. The highest BCUT2D eigenvalue weighted by atomic mass is 32.1. The Morgan fingerprint density at radius 3 is 2.73 bits per heavy atom. The van der Waals surface area contributed by atoms with E-state index in [4.69, 9.17) is 16.6 Å². The van der Waals surface area contributed by atoms with Crippen molar-refractivity contribution in [2.45, 2.75) is 19.3 Å². The molecule has 2 aromatic rings. The van der Waals surface area contributed by atoms with Crippen molar-refractivity contribution in [3.8, 4) is 0 Å². The summed E-state index contributed by atoms with van der Waals surface area (Å²) in [7, 11) is 0. The lowest BCUT2D eigenvalue weighted by molar-refractivity contribution is -0.123. The third-order valence-corrected chi connectivity index (χ3v) is 5.08. The lowest BCUT2D eigenvalue weighted by Crippen LogP contribution is -2.43. The minimum atomic E-state index is -0.215. The second kappa shape index (κ2) is 7.01. The smallest absolute Gasteiger partial charge is 0.277 e. The maximum absolute atomic E-state index is 12.7. The normalized spacial score (nSPS) is 20.2. The van der Waals surface area contributed by atoms with Crippen molar-refractivity contribution in [1.82, 2.24) is 15.1 Å². The van der Waals surface area contributed by atoms with Crippen LogP contribution in [0.3, 0.4) is 0 Å². The van der Waals surface area contributed by atoms with E-state index in [0.717, 1.165) is 25.9 Å². The van der Waals surface area contributed by atoms with E-state index in [0.29, 0.717) is 34.0 Å². The summed E-state index contributed by atoms with van der Waals surface area (Å²) in [6, 6.07) is 7.04. The number of amides is 1. The maximum atomic E-state index is 12.7. The second-order valence-corrected chi connectivity index (χ2v) is 6.94. The summed E-state index contributed by atoms with van der Waals surface area (Å²) in [5, 5.41) is 3.79. The molecule has 26 heavy (non-hydrogen) atoms. The number of fused-ring (bicyclic) bond motifs is 1. The lowest BCUT2D eigenvalue weighted by atomic mass is 10.1. The standard InChI is InChI=1S/C19H19N3O3S/c23-17-13(11-25-16-7-3-2-6-14(16)17)10-15-18(24)22(19(26)20-15)12-21-8-4-1-5-9-21/h2-3,6-7,10-11H,1,4-5,8-9,12H2,(H,20,26). The van der Waals surface area contributed by atoms with Crippen molar-refractivity contribution in [3.63, 3.8) is 0 Å². The van der Waals surface area contributed by atoms with Gasteiger partial charge in [-0.15, -0.1) is 0 Å². The molecule has 2 aliphatic heterocycles. The summed E-state index contributed by atoms with van der Waals surface area (Å²) >= 11 is 5.31. The predicted molar refractivity (Wildman–Crippen MR) is 103 cm³/mol. The Morgan fingerprint density at radius 2 is 1.92 bits per heavy atom. The van der Waals surface area contributed by atoms with E-state index in [1.54, 1.807) is 23.1 Å². The van der Waals surface area contributed by atoms with E-state index in [9.17, 15) is 9.59 Å². The molecule has 0 spiro atoms. The highest BCUT2D eigenvalue weighted by Gasteiger charge is 2.32. The number of carbonyl (C=O) groups excluding carboxylic acids is 1. The van der Waals surface area contributed by atoms with Gasteiger partial charge in [0.05, 0.1) is 17.6 Å². The molecule has 2 fully saturated rings. The number of benzene rings is 1. The van der Waals surface area contributed by atoms with E-state index in [-0.39, 0.29) is 11.3 Å². The van der Waals surface area contributed by atoms with Gasteiger partial charge < -0.3 is 9.73 Å². The molecule has 1 N–H and O–H groups in total. The molecule has 1 amide bonds. The van der Waals surface area contributed by atoms with Crippen LogP contribution in [0.4, 0.5) is 0 Å². The van der Waals surface area contributed by atoms with Crippen molar-refractivity contribution in [1.29, 1.82) is 0 Å². The Bertz CT molecular complexity index is 960. The average molecular weight is 369 g/mol. The first-order chi connectivity index (χ1) is 12.6. The zero-order valence-corrected chi connectivity index (χ0v) is 15.1. The van der Waals surface area contributed by atoms with Gasteiger partial charge in [0.1, 0.15) is 17.5 Å². The molecule has 6 nitrogen and oxygen atoms in total. The molecule has 2 aliphatic rings. The van der Waals surface area contributed by atoms with Crippen LogP contribution < -0.4 is 10.7 Å². The van der Waals surface area contributed by atoms with Gasteiger partial charge in [0, 0.05) is 0 Å². The Hall–Kier alpha value is -2.51. The first-order valence-corrected chi connectivity index (χ1v) is 9.12. The Kier molecular flexibility index (Phi) is 4.57. The van der Waals surface area contributed by atoms with Crippen LogP contribution >= 0.6 is 12.2 Å². The maximum Gasteiger partial charge on any atom is 0.277 e. The molecule has 0 atom stereocenters. The van der Waals surface area contributed by atoms with Gasteiger partial charge >= 0.3 is 0 Å². The molecule has 0 aliphatic carbocycles. The topological polar surface area (TPSA) is 65.8 Å². The Balaban J connectivity index is 1.60. The number of thiocarbonyl (C=S) groups is 1. The van der Waals surface area contributed by atoms with Gasteiger partial charge in [-0.1, -0.05) is 18.6 Å². The van der Waals surface area contributed by atoms with Gasteiger partial charge in [-0.2, -0.15) is 0 Å². The molecule has 2 saturated heterocycles. The summed E-state index contributed by atoms with van der Waals surface area (Å²) in [6.45, 7) is 2.42. The van der Waals surface area contributed by atoms with Crippen LogP contribution in [0.5, 0.6) is 0 Å². The van der Waals surface area contributed by atoms with Crippen LogP contribution in [0.25, 0.3) is 17.0 Å². The quantitative estimate of drug-likeness (QED) is 0.662. The molecule has 7 heteroatoms. The molecular formula is C19H19N3O3S. The van der Waals surface area contributed by atoms with E-state index in [2.05, 4.69) is 10.2 Å². The third kappa shape index (κ3) is 3.15. The largest absolute Gasteiger partial charge is 0.463 e. The molecule has 134 valence electrons. The molecule has 4 rings (SSSR count). The highest BCUT2D eigenvalue weighted by molar-refractivity contribution is 7.80. The van der Waals surface area contributed by atoms with Gasteiger partial charge in [-0.25, -0.2) is 0 Å². The number of hydrogen-bond donors (Lipinski definition) is 1. The number of nitrogens with one attached hydrogen (secondary N) is 1. The molecule has 0 bridgehead atoms. The number of hydrogen-bond acceptors (Lipinski definition) is 5. The minimum absolute atomic E-state index is 0.172. The van der Waals surface area contributed by atoms with Crippen molar-refractivity contribution in [2.24, 2.45) is 0 Å². The Morgan fingerprint density at radius 1 is 1.15 bits per heavy atom. The SMILES string of the molecule is O=C1C(=Cc2coc3ccccc3c2=O)NC(=S)N1CN1CCCCC1. The first kappa shape index (κ1) is 16.9. The van der Waals surface area contributed by atoms with Gasteiger partial charge in [0.2, 0.25) is 0 Å². The fourth-order valence-corrected chi connectivity index (χ4v) is 3.60. The molecule has 0 unspecified atom stereocenters. The van der Waals surface area contributed by atoms with E-state index in [1.807, 2.05) is 6.07 Å². The zero-order valence-electron chi connectivity index (χ0n) is 14.2. The van der Waals surface area contributed by atoms with Gasteiger partial charge in [0.15, 0.2) is 10.5 Å². The van der Waals surface area contributed by atoms with Crippen LogP contribution in [0.1, 0.15) is 24.8 Å². The van der Waals surface area contributed by atoms with E-state index in [1.165, 1.54) is 18.8 Å². The Labute approximate surface area is 156 Å². The average Bonchev–Trinajstić information content (AvgIpc) is 2.92. The van der Waals surface area contributed by atoms with Crippen LogP contribution in [-0.2, 0) is 4.79 Å². The number of nitrogens with zero attached hydrogens (tertiary/aromatic N) is 2. The molecule has 0 radical (unpaired) electrons. The summed E-state index contributed by atoms with van der Waals surface area (Å²) in [5.41, 5.74) is 0.971. The fraction of sp³-hybridized carbons (Fsp3) is 0.316. The van der Waals surface area contributed by atoms with Gasteiger partial charge in [0.25, 0.3) is 5.91 Å². The summed E-state index contributed by atoms with van der Waals surface area (Å²) in [5.74, 6) is -0.215.